The largest absolute Gasteiger partial charge is 0.460 e. The molecule has 1 heterocycles. The number of carbonyl (C=O) groups excluding carboxylic acids is 1. The lowest BCUT2D eigenvalue weighted by molar-refractivity contribution is -0.143. The van der Waals surface area contributed by atoms with Gasteiger partial charge in [0, 0.05) is 0 Å². The van der Waals surface area contributed by atoms with Crippen molar-refractivity contribution in [3.63, 3.8) is 0 Å². The third kappa shape index (κ3) is 6.08. The summed E-state index contributed by atoms with van der Waals surface area (Å²) >= 11 is 0. The van der Waals surface area contributed by atoms with Gasteiger partial charge in [-0.25, -0.2) is 0 Å². The van der Waals surface area contributed by atoms with E-state index in [0.29, 0.717) is 0 Å². The molecule has 0 spiro atoms. The Balaban J connectivity index is 1.92. The van der Waals surface area contributed by atoms with Crippen LogP contribution in [0, 0.1) is 5.92 Å². The predicted octanol–water partition coefficient (Wildman–Crippen LogP) is 4.00. The first-order valence-corrected chi connectivity index (χ1v) is 8.16. The van der Waals surface area contributed by atoms with Gasteiger partial charge in [0.25, 0.3) is 0 Å². The monoisotopic (exact) mass is 282 g/mol. The number of allylic oxidation sites excluding steroid dienone is 1. The van der Waals surface area contributed by atoms with E-state index in [-0.39, 0.29) is 18.0 Å². The van der Waals surface area contributed by atoms with E-state index < -0.39 is 6.10 Å². The summed E-state index contributed by atoms with van der Waals surface area (Å²) in [6, 6.07) is 0. The van der Waals surface area contributed by atoms with Crippen LogP contribution in [-0.2, 0) is 9.53 Å². The second-order valence-corrected chi connectivity index (χ2v) is 5.93. The van der Waals surface area contributed by atoms with Gasteiger partial charge in [0.05, 0.1) is 5.92 Å². The molecule has 0 bridgehead atoms. The van der Waals surface area contributed by atoms with Crippen LogP contribution in [0.5, 0.6) is 0 Å². The van der Waals surface area contributed by atoms with Gasteiger partial charge in [-0.1, -0.05) is 51.0 Å². The van der Waals surface area contributed by atoms with Crippen molar-refractivity contribution >= 4 is 5.97 Å². The highest BCUT2D eigenvalue weighted by atomic mass is 16.6. The topological polar surface area (TPSA) is 46.5 Å². The molecular weight excluding hydrogens is 252 g/mol. The summed E-state index contributed by atoms with van der Waals surface area (Å²) in [5, 5.41) is 9.82. The Morgan fingerprint density at radius 1 is 1.10 bits per heavy atom. The van der Waals surface area contributed by atoms with Crippen molar-refractivity contribution in [2.75, 3.05) is 0 Å². The van der Waals surface area contributed by atoms with Gasteiger partial charge in [0.15, 0.2) is 0 Å². The normalized spacial score (nSPS) is 25.7. The number of cyclic esters (lactones) is 1. The number of rotatable bonds is 11. The lowest BCUT2D eigenvalue weighted by atomic mass is 9.95. The molecule has 0 radical (unpaired) electrons. The smallest absolute Gasteiger partial charge is 0.312 e. The Labute approximate surface area is 123 Å². The van der Waals surface area contributed by atoms with E-state index in [2.05, 4.69) is 6.58 Å². The van der Waals surface area contributed by atoms with E-state index >= 15 is 0 Å². The van der Waals surface area contributed by atoms with Crippen molar-refractivity contribution in [1.82, 2.24) is 0 Å². The molecule has 0 aromatic rings. The maximum Gasteiger partial charge on any atom is 0.312 e. The minimum Gasteiger partial charge on any atom is -0.460 e. The summed E-state index contributed by atoms with van der Waals surface area (Å²) in [6.45, 7) is 5.48. The van der Waals surface area contributed by atoms with Crippen LogP contribution in [0.1, 0.15) is 71.1 Å². The maximum absolute atomic E-state index is 11.5. The van der Waals surface area contributed by atoms with Gasteiger partial charge in [-0.2, -0.15) is 0 Å². The number of hydrogen-bond acceptors (Lipinski definition) is 3. The average Bonchev–Trinajstić information content (AvgIpc) is 2.67. The van der Waals surface area contributed by atoms with E-state index in [1.807, 2.05) is 6.08 Å². The van der Waals surface area contributed by atoms with E-state index in [9.17, 15) is 9.90 Å². The zero-order chi connectivity index (χ0) is 14.8. The molecule has 0 aromatic heterocycles. The molecule has 0 aliphatic carbocycles. The van der Waals surface area contributed by atoms with Crippen LogP contribution in [0.25, 0.3) is 0 Å². The summed E-state index contributed by atoms with van der Waals surface area (Å²) in [4.78, 5) is 11.5. The molecule has 3 nitrogen and oxygen atoms in total. The second-order valence-electron chi connectivity index (χ2n) is 5.93. The summed E-state index contributed by atoms with van der Waals surface area (Å²) in [7, 11) is 0. The molecule has 1 saturated heterocycles. The first-order valence-electron chi connectivity index (χ1n) is 8.16. The SMILES string of the molecule is C=CCCCCCCCCCCC1C(=O)O[C@@H](C)C1O. The van der Waals surface area contributed by atoms with E-state index in [0.717, 1.165) is 25.7 Å². The standard InChI is InChI=1S/C17H30O3/c1-3-4-5-6-7-8-9-10-11-12-13-15-16(18)14(2)20-17(15)19/h3,14-16,18H,1,4-13H2,2H3/t14-,15?,16?/m0/s1. The molecule has 0 amide bonds. The predicted molar refractivity (Wildman–Crippen MR) is 81.4 cm³/mol. The maximum atomic E-state index is 11.5. The van der Waals surface area contributed by atoms with Crippen LogP contribution in [-0.4, -0.2) is 23.3 Å². The molecule has 3 heteroatoms. The van der Waals surface area contributed by atoms with Crippen LogP contribution < -0.4 is 0 Å². The van der Waals surface area contributed by atoms with Crippen molar-refractivity contribution in [2.24, 2.45) is 5.92 Å². The molecular formula is C17H30O3. The van der Waals surface area contributed by atoms with Crippen LogP contribution in [0.3, 0.4) is 0 Å². The molecule has 0 aromatic carbocycles. The lowest BCUT2D eigenvalue weighted by Gasteiger charge is -2.11. The fraction of sp³-hybridized carbons (Fsp3) is 0.824. The molecule has 1 aliphatic rings. The third-order valence-electron chi connectivity index (χ3n) is 4.17. The number of aliphatic hydroxyl groups excluding tert-OH is 1. The fourth-order valence-corrected chi connectivity index (χ4v) is 2.81. The summed E-state index contributed by atoms with van der Waals surface area (Å²) in [5.74, 6) is -0.504. The molecule has 1 N–H and O–H groups in total. The number of carbonyl (C=O) groups is 1. The first kappa shape index (κ1) is 17.2. The van der Waals surface area contributed by atoms with Crippen molar-refractivity contribution in [3.8, 4) is 0 Å². The van der Waals surface area contributed by atoms with E-state index in [1.165, 1.54) is 38.5 Å². The molecule has 1 aliphatic heterocycles. The van der Waals surface area contributed by atoms with Crippen molar-refractivity contribution in [3.05, 3.63) is 12.7 Å². The van der Waals surface area contributed by atoms with Gasteiger partial charge >= 0.3 is 5.97 Å². The van der Waals surface area contributed by atoms with Gasteiger partial charge in [-0.15, -0.1) is 6.58 Å². The number of esters is 1. The van der Waals surface area contributed by atoms with E-state index in [1.54, 1.807) is 6.92 Å². The van der Waals surface area contributed by atoms with Gasteiger partial charge in [0.2, 0.25) is 0 Å². The van der Waals surface area contributed by atoms with Crippen LogP contribution in [0.15, 0.2) is 12.7 Å². The molecule has 3 atom stereocenters. The third-order valence-corrected chi connectivity index (χ3v) is 4.17. The Hall–Kier alpha value is -0.830. The Morgan fingerprint density at radius 3 is 2.15 bits per heavy atom. The summed E-state index contributed by atoms with van der Waals surface area (Å²) in [5.41, 5.74) is 0. The van der Waals surface area contributed by atoms with E-state index in [4.69, 9.17) is 4.74 Å². The van der Waals surface area contributed by atoms with Crippen LogP contribution >= 0.6 is 0 Å². The quantitative estimate of drug-likeness (QED) is 0.354. The Bertz CT molecular complexity index is 288. The number of ether oxygens (including phenoxy) is 1. The zero-order valence-corrected chi connectivity index (χ0v) is 12.9. The lowest BCUT2D eigenvalue weighted by Crippen LogP contribution is -2.24. The number of hydrogen-bond donors (Lipinski definition) is 1. The van der Waals surface area contributed by atoms with Gasteiger partial charge in [-0.3, -0.25) is 4.79 Å². The molecule has 2 unspecified atom stereocenters. The highest BCUT2D eigenvalue weighted by molar-refractivity contribution is 5.75. The van der Waals surface area contributed by atoms with Crippen molar-refractivity contribution in [1.29, 1.82) is 0 Å². The average molecular weight is 282 g/mol. The number of aliphatic hydroxyl groups is 1. The van der Waals surface area contributed by atoms with Gasteiger partial charge in [0.1, 0.15) is 12.2 Å². The zero-order valence-electron chi connectivity index (χ0n) is 12.9. The summed E-state index contributed by atoms with van der Waals surface area (Å²) in [6.07, 6.45) is 12.8. The highest BCUT2D eigenvalue weighted by Crippen LogP contribution is 2.26. The van der Waals surface area contributed by atoms with Gasteiger partial charge < -0.3 is 9.84 Å². The first-order chi connectivity index (χ1) is 9.66. The Morgan fingerprint density at radius 2 is 1.65 bits per heavy atom. The molecule has 0 saturated carbocycles. The molecule has 116 valence electrons. The fourth-order valence-electron chi connectivity index (χ4n) is 2.81. The molecule has 1 fully saturated rings. The van der Waals surface area contributed by atoms with Crippen molar-refractivity contribution in [2.45, 2.75) is 83.3 Å². The van der Waals surface area contributed by atoms with Crippen LogP contribution in [0.2, 0.25) is 0 Å². The van der Waals surface area contributed by atoms with Crippen molar-refractivity contribution < 1.29 is 14.6 Å². The van der Waals surface area contributed by atoms with Gasteiger partial charge in [-0.05, 0) is 26.2 Å². The minimum absolute atomic E-state index is 0.216. The highest BCUT2D eigenvalue weighted by Gasteiger charge is 2.40. The second kappa shape index (κ2) is 9.98. The minimum atomic E-state index is -0.604. The Kier molecular flexibility index (Phi) is 8.59. The van der Waals surface area contributed by atoms with Crippen LogP contribution in [0.4, 0.5) is 0 Å². The number of unbranched alkanes of at least 4 members (excludes halogenated alkanes) is 8. The summed E-state index contributed by atoms with van der Waals surface area (Å²) < 4.78 is 5.03. The molecule has 1 rings (SSSR count). The molecule has 20 heavy (non-hydrogen) atoms.